The second-order valence-corrected chi connectivity index (χ2v) is 4.99. The van der Waals surface area contributed by atoms with Crippen molar-refractivity contribution in [1.82, 2.24) is 9.55 Å². The molecule has 0 amide bonds. The maximum absolute atomic E-state index is 12.7. The number of hydrogen-bond acceptors (Lipinski definition) is 3. The average molecular weight is 292 g/mol. The highest BCUT2D eigenvalue weighted by atomic mass is 19.3. The molecule has 1 fully saturated rings. The van der Waals surface area contributed by atoms with Crippen LogP contribution < -0.4 is 5.56 Å². The van der Waals surface area contributed by atoms with Crippen molar-refractivity contribution in [3.63, 3.8) is 0 Å². The molecule has 6 heteroatoms. The molecule has 1 heterocycles. The molecule has 1 aliphatic carbocycles. The summed E-state index contributed by atoms with van der Waals surface area (Å²) in [5.41, 5.74) is 1.27. The topological polar surface area (TPSA) is 44.1 Å². The van der Waals surface area contributed by atoms with Crippen molar-refractivity contribution in [3.05, 3.63) is 53.1 Å². The maximum Gasteiger partial charge on any atom is 0.276 e. The lowest BCUT2D eigenvalue weighted by atomic mass is 10.2. The quantitative estimate of drug-likeness (QED) is 0.849. The van der Waals surface area contributed by atoms with Gasteiger partial charge < -0.3 is 9.30 Å². The standard InChI is InChI=1S/C15H14F2N2O2/c16-15(17)8-13(15)21-7-6-19-10-12(18-9-14(19)20)11-4-2-1-3-5-11/h1-5,9-10,13H,6-8H2. The first-order chi connectivity index (χ1) is 10.1. The van der Waals surface area contributed by atoms with Gasteiger partial charge in [0.05, 0.1) is 18.5 Å². The molecule has 1 aromatic heterocycles. The number of alkyl halides is 2. The molecule has 1 aliphatic rings. The molecule has 1 unspecified atom stereocenters. The predicted octanol–water partition coefficient (Wildman–Crippen LogP) is 2.33. The molecule has 0 spiro atoms. The normalized spacial score (nSPS) is 19.4. The van der Waals surface area contributed by atoms with Gasteiger partial charge in [-0.2, -0.15) is 0 Å². The largest absolute Gasteiger partial charge is 0.370 e. The van der Waals surface area contributed by atoms with Gasteiger partial charge in [0.1, 0.15) is 6.10 Å². The van der Waals surface area contributed by atoms with E-state index in [-0.39, 0.29) is 25.1 Å². The van der Waals surface area contributed by atoms with E-state index in [4.69, 9.17) is 4.74 Å². The van der Waals surface area contributed by atoms with Crippen LogP contribution >= 0.6 is 0 Å². The van der Waals surface area contributed by atoms with E-state index in [0.29, 0.717) is 5.69 Å². The molecule has 0 bridgehead atoms. The Kier molecular flexibility index (Phi) is 3.55. The van der Waals surface area contributed by atoms with Crippen LogP contribution in [0.3, 0.4) is 0 Å². The first kappa shape index (κ1) is 13.9. The van der Waals surface area contributed by atoms with Crippen molar-refractivity contribution in [2.24, 2.45) is 0 Å². The summed E-state index contributed by atoms with van der Waals surface area (Å²) in [6.07, 6.45) is 1.62. The van der Waals surface area contributed by atoms with Crippen LogP contribution in [-0.2, 0) is 11.3 Å². The fourth-order valence-electron chi connectivity index (χ4n) is 2.04. The Hall–Kier alpha value is -2.08. The van der Waals surface area contributed by atoms with Gasteiger partial charge in [0, 0.05) is 24.7 Å². The lowest BCUT2D eigenvalue weighted by Gasteiger charge is -2.08. The fourth-order valence-corrected chi connectivity index (χ4v) is 2.04. The van der Waals surface area contributed by atoms with Crippen LogP contribution in [-0.4, -0.2) is 28.2 Å². The Bertz CT molecular complexity index is 686. The van der Waals surface area contributed by atoms with Gasteiger partial charge in [-0.05, 0) is 0 Å². The number of nitrogens with zero attached hydrogens (tertiary/aromatic N) is 2. The summed E-state index contributed by atoms with van der Waals surface area (Å²) in [6, 6.07) is 9.43. The van der Waals surface area contributed by atoms with Crippen molar-refractivity contribution < 1.29 is 13.5 Å². The van der Waals surface area contributed by atoms with E-state index in [1.165, 1.54) is 10.8 Å². The van der Waals surface area contributed by atoms with Crippen molar-refractivity contribution in [2.45, 2.75) is 25.0 Å². The summed E-state index contributed by atoms with van der Waals surface area (Å²) in [4.78, 5) is 15.8. The van der Waals surface area contributed by atoms with Gasteiger partial charge in [-0.1, -0.05) is 30.3 Å². The molecule has 110 valence electrons. The van der Waals surface area contributed by atoms with Crippen LogP contribution in [0.2, 0.25) is 0 Å². The smallest absolute Gasteiger partial charge is 0.276 e. The Morgan fingerprint density at radius 3 is 2.71 bits per heavy atom. The number of hydrogen-bond donors (Lipinski definition) is 0. The van der Waals surface area contributed by atoms with Crippen LogP contribution in [0.1, 0.15) is 6.42 Å². The van der Waals surface area contributed by atoms with Gasteiger partial charge >= 0.3 is 0 Å². The van der Waals surface area contributed by atoms with E-state index in [9.17, 15) is 13.6 Å². The minimum absolute atomic E-state index is 0.0818. The Balaban J connectivity index is 1.69. The van der Waals surface area contributed by atoms with Crippen LogP contribution in [0.15, 0.2) is 47.5 Å². The Morgan fingerprint density at radius 1 is 1.33 bits per heavy atom. The maximum atomic E-state index is 12.7. The van der Waals surface area contributed by atoms with E-state index < -0.39 is 12.0 Å². The molecular formula is C15H14F2N2O2. The molecule has 1 saturated carbocycles. The first-order valence-corrected chi connectivity index (χ1v) is 6.67. The molecule has 4 nitrogen and oxygen atoms in total. The third-order valence-electron chi connectivity index (χ3n) is 3.36. The number of halogens is 2. The molecule has 0 N–H and O–H groups in total. The molecule has 1 aromatic carbocycles. The second kappa shape index (κ2) is 5.37. The summed E-state index contributed by atoms with van der Waals surface area (Å²) in [6.45, 7) is 0.312. The van der Waals surface area contributed by atoms with Gasteiger partial charge in [0.25, 0.3) is 11.5 Å². The summed E-state index contributed by atoms with van der Waals surface area (Å²) < 4.78 is 31.8. The number of benzene rings is 1. The van der Waals surface area contributed by atoms with E-state index >= 15 is 0 Å². The molecule has 21 heavy (non-hydrogen) atoms. The molecule has 0 radical (unpaired) electrons. The number of ether oxygens (including phenoxy) is 1. The zero-order valence-electron chi connectivity index (χ0n) is 11.2. The van der Waals surface area contributed by atoms with Crippen molar-refractivity contribution in [2.75, 3.05) is 6.61 Å². The van der Waals surface area contributed by atoms with E-state index in [2.05, 4.69) is 4.98 Å². The Morgan fingerprint density at radius 2 is 2.05 bits per heavy atom. The van der Waals surface area contributed by atoms with Crippen molar-refractivity contribution in [3.8, 4) is 11.3 Å². The van der Waals surface area contributed by atoms with Gasteiger partial charge in [0.15, 0.2) is 0 Å². The van der Waals surface area contributed by atoms with E-state index in [1.807, 2.05) is 30.3 Å². The van der Waals surface area contributed by atoms with Crippen LogP contribution in [0.25, 0.3) is 11.3 Å². The predicted molar refractivity (Wildman–Crippen MR) is 73.2 cm³/mol. The monoisotopic (exact) mass is 292 g/mol. The SMILES string of the molecule is O=c1cnc(-c2ccccc2)cn1CCOC1CC1(F)F. The lowest BCUT2D eigenvalue weighted by molar-refractivity contribution is 0.0105. The highest BCUT2D eigenvalue weighted by Gasteiger charge is 2.58. The van der Waals surface area contributed by atoms with Gasteiger partial charge in [-0.25, -0.2) is 13.8 Å². The molecule has 0 saturated heterocycles. The van der Waals surface area contributed by atoms with Gasteiger partial charge in [0.2, 0.25) is 0 Å². The van der Waals surface area contributed by atoms with Crippen LogP contribution in [0.4, 0.5) is 8.78 Å². The number of aromatic nitrogens is 2. The summed E-state index contributed by atoms with van der Waals surface area (Å²) in [5, 5.41) is 0. The van der Waals surface area contributed by atoms with E-state index in [1.54, 1.807) is 6.20 Å². The molecule has 0 aliphatic heterocycles. The minimum atomic E-state index is -2.70. The molecule has 2 aromatic rings. The lowest BCUT2D eigenvalue weighted by Crippen LogP contribution is -2.22. The molecular weight excluding hydrogens is 278 g/mol. The zero-order chi connectivity index (χ0) is 14.9. The van der Waals surface area contributed by atoms with Crippen molar-refractivity contribution in [1.29, 1.82) is 0 Å². The minimum Gasteiger partial charge on any atom is -0.370 e. The Labute approximate surface area is 120 Å². The fraction of sp³-hybridized carbons (Fsp3) is 0.333. The average Bonchev–Trinajstić information content (AvgIpc) is 3.09. The second-order valence-electron chi connectivity index (χ2n) is 4.99. The zero-order valence-corrected chi connectivity index (χ0v) is 11.2. The summed E-state index contributed by atoms with van der Waals surface area (Å²) in [7, 11) is 0. The highest BCUT2D eigenvalue weighted by Crippen LogP contribution is 2.44. The van der Waals surface area contributed by atoms with Crippen LogP contribution in [0, 0.1) is 0 Å². The third-order valence-corrected chi connectivity index (χ3v) is 3.36. The van der Waals surface area contributed by atoms with Gasteiger partial charge in [-0.3, -0.25) is 4.79 Å². The van der Waals surface area contributed by atoms with Crippen molar-refractivity contribution >= 4 is 0 Å². The summed E-state index contributed by atoms with van der Waals surface area (Å²) >= 11 is 0. The molecule has 3 rings (SSSR count). The third kappa shape index (κ3) is 3.16. The molecule has 1 atom stereocenters. The number of rotatable bonds is 5. The van der Waals surface area contributed by atoms with Gasteiger partial charge in [-0.15, -0.1) is 0 Å². The van der Waals surface area contributed by atoms with Crippen LogP contribution in [0.5, 0.6) is 0 Å². The highest BCUT2D eigenvalue weighted by molar-refractivity contribution is 5.57. The van der Waals surface area contributed by atoms with E-state index in [0.717, 1.165) is 5.56 Å². The first-order valence-electron chi connectivity index (χ1n) is 6.67. The summed E-state index contributed by atoms with van der Waals surface area (Å²) in [5.74, 6) is -2.70.